The van der Waals surface area contributed by atoms with Gasteiger partial charge in [0.25, 0.3) is 11.2 Å². The third kappa shape index (κ3) is 6.05. The van der Waals surface area contributed by atoms with E-state index in [1.807, 2.05) is 0 Å². The molecule has 0 heterocycles. The SMILES string of the molecule is CC(OCC(CBr)(CBr)COC(C)(C(F)(F)F)C(F)(F)F)(C(F)(F)F)C(F)(F)F. The van der Waals surface area contributed by atoms with E-state index in [0.29, 0.717) is 0 Å². The van der Waals surface area contributed by atoms with Crippen LogP contribution in [0.2, 0.25) is 0 Å². The van der Waals surface area contributed by atoms with Crippen molar-refractivity contribution in [2.75, 3.05) is 23.9 Å². The van der Waals surface area contributed by atoms with Gasteiger partial charge in [-0.05, 0) is 13.8 Å². The lowest BCUT2D eigenvalue weighted by atomic mass is 9.94. The monoisotopic (exact) mass is 588 g/mol. The number of hydrogen-bond acceptors (Lipinski definition) is 2. The van der Waals surface area contributed by atoms with E-state index in [-0.39, 0.29) is 13.8 Å². The zero-order chi connectivity index (χ0) is 23.7. The molecule has 0 saturated carbocycles. The highest BCUT2D eigenvalue weighted by molar-refractivity contribution is 9.09. The zero-order valence-corrected chi connectivity index (χ0v) is 17.6. The normalized spacial score (nSPS) is 15.7. The quantitative estimate of drug-likeness (QED) is 0.236. The van der Waals surface area contributed by atoms with Crippen LogP contribution in [0.1, 0.15) is 13.8 Å². The molecule has 0 radical (unpaired) electrons. The molecule has 0 aromatic rings. The summed E-state index contributed by atoms with van der Waals surface area (Å²) in [6, 6.07) is 0. The molecule has 0 bridgehead atoms. The van der Waals surface area contributed by atoms with E-state index in [2.05, 4.69) is 41.3 Å². The van der Waals surface area contributed by atoms with Crippen molar-refractivity contribution in [3.05, 3.63) is 0 Å². The first kappa shape index (κ1) is 29.0. The molecule has 0 rings (SSSR count). The van der Waals surface area contributed by atoms with Gasteiger partial charge in [0.15, 0.2) is 0 Å². The van der Waals surface area contributed by atoms with Gasteiger partial charge in [0.05, 0.1) is 13.2 Å². The Bertz CT molecular complexity index is 462. The standard InChI is InChI=1S/C13H14Br2F12O2/c1-7(10(16,17)18,11(19,20)21)28-5-9(3-14,4-15)6-29-8(2,12(22,23)24)13(25,26)27/h3-6H2,1-2H3. The second-order valence-corrected chi connectivity index (χ2v) is 7.52. The Morgan fingerprint density at radius 1 is 0.517 bits per heavy atom. The van der Waals surface area contributed by atoms with E-state index in [0.717, 1.165) is 0 Å². The number of hydrogen-bond donors (Lipinski definition) is 0. The van der Waals surface area contributed by atoms with Crippen LogP contribution in [0.5, 0.6) is 0 Å². The topological polar surface area (TPSA) is 18.5 Å². The van der Waals surface area contributed by atoms with Crippen LogP contribution in [0.3, 0.4) is 0 Å². The lowest BCUT2D eigenvalue weighted by Gasteiger charge is -2.40. The molecule has 2 nitrogen and oxygen atoms in total. The molecule has 16 heteroatoms. The average Bonchev–Trinajstić information content (AvgIpc) is 2.50. The minimum absolute atomic E-state index is 0.351. The van der Waals surface area contributed by atoms with Gasteiger partial charge >= 0.3 is 24.7 Å². The lowest BCUT2D eigenvalue weighted by Crippen LogP contribution is -2.60. The van der Waals surface area contributed by atoms with Crippen molar-refractivity contribution in [3.63, 3.8) is 0 Å². The second-order valence-electron chi connectivity index (χ2n) is 6.40. The van der Waals surface area contributed by atoms with Crippen LogP contribution in [0.4, 0.5) is 52.7 Å². The highest BCUT2D eigenvalue weighted by Gasteiger charge is 2.71. The highest BCUT2D eigenvalue weighted by atomic mass is 79.9. The molecular formula is C13H14Br2F12O2. The molecule has 0 N–H and O–H groups in total. The summed E-state index contributed by atoms with van der Waals surface area (Å²) < 4.78 is 162. The van der Waals surface area contributed by atoms with E-state index in [1.165, 1.54) is 0 Å². The number of alkyl halides is 14. The zero-order valence-electron chi connectivity index (χ0n) is 14.4. The van der Waals surface area contributed by atoms with Gasteiger partial charge in [-0.2, -0.15) is 52.7 Å². The molecule has 0 amide bonds. The van der Waals surface area contributed by atoms with Gasteiger partial charge < -0.3 is 9.47 Å². The maximum atomic E-state index is 12.9. The number of halogens is 14. The summed E-state index contributed by atoms with van der Waals surface area (Å²) in [5.41, 5.74) is -11.6. The maximum absolute atomic E-state index is 12.9. The number of ether oxygens (including phenoxy) is 2. The maximum Gasteiger partial charge on any atom is 0.426 e. The van der Waals surface area contributed by atoms with Gasteiger partial charge in [-0.3, -0.25) is 0 Å². The van der Waals surface area contributed by atoms with Crippen LogP contribution in [0, 0.1) is 5.41 Å². The molecule has 0 aliphatic carbocycles. The van der Waals surface area contributed by atoms with Crippen LogP contribution < -0.4 is 0 Å². The number of rotatable bonds is 8. The van der Waals surface area contributed by atoms with E-state index in [9.17, 15) is 52.7 Å². The van der Waals surface area contributed by atoms with Crippen LogP contribution in [0.25, 0.3) is 0 Å². The van der Waals surface area contributed by atoms with Crippen LogP contribution in [-0.4, -0.2) is 59.8 Å². The van der Waals surface area contributed by atoms with Crippen LogP contribution >= 0.6 is 31.9 Å². The Morgan fingerprint density at radius 3 is 0.862 bits per heavy atom. The third-order valence-corrected chi connectivity index (χ3v) is 6.44. The molecule has 0 fully saturated rings. The molecule has 0 unspecified atom stereocenters. The Morgan fingerprint density at radius 2 is 0.724 bits per heavy atom. The van der Waals surface area contributed by atoms with E-state index in [1.54, 1.807) is 0 Å². The molecule has 0 spiro atoms. The highest BCUT2D eigenvalue weighted by Crippen LogP contribution is 2.48. The molecule has 0 aromatic carbocycles. The van der Waals surface area contributed by atoms with Crippen molar-refractivity contribution in [1.82, 2.24) is 0 Å². The molecule has 0 saturated heterocycles. The predicted molar refractivity (Wildman–Crippen MR) is 83.0 cm³/mol. The van der Waals surface area contributed by atoms with Crippen molar-refractivity contribution in [3.8, 4) is 0 Å². The average molecular weight is 590 g/mol. The Balaban J connectivity index is 5.80. The van der Waals surface area contributed by atoms with Crippen molar-refractivity contribution >= 4 is 31.9 Å². The predicted octanol–water partition coefficient (Wildman–Crippen LogP) is 6.56. The molecule has 0 aliphatic heterocycles. The molecule has 29 heavy (non-hydrogen) atoms. The van der Waals surface area contributed by atoms with Gasteiger partial charge in [0, 0.05) is 16.1 Å². The van der Waals surface area contributed by atoms with Gasteiger partial charge in [0.1, 0.15) is 0 Å². The summed E-state index contributed by atoms with van der Waals surface area (Å²) in [7, 11) is 0. The van der Waals surface area contributed by atoms with Crippen molar-refractivity contribution < 1.29 is 62.2 Å². The summed E-state index contributed by atoms with van der Waals surface area (Å²) >= 11 is 5.31. The van der Waals surface area contributed by atoms with E-state index < -0.39 is 65.2 Å². The molecule has 0 aliphatic rings. The van der Waals surface area contributed by atoms with E-state index >= 15 is 0 Å². The smallest absolute Gasteiger partial charge is 0.357 e. The first-order valence-corrected chi connectivity index (χ1v) is 9.45. The van der Waals surface area contributed by atoms with Crippen molar-refractivity contribution in [1.29, 1.82) is 0 Å². The third-order valence-electron chi connectivity index (χ3n) is 4.06. The molecular weight excluding hydrogens is 576 g/mol. The summed E-state index contributed by atoms with van der Waals surface area (Å²) in [5, 5.41) is -1.30. The fraction of sp³-hybridized carbons (Fsp3) is 1.00. The Kier molecular flexibility index (Phi) is 8.90. The van der Waals surface area contributed by atoms with Gasteiger partial charge in [0.2, 0.25) is 0 Å². The van der Waals surface area contributed by atoms with Gasteiger partial charge in [-0.1, -0.05) is 31.9 Å². The minimum atomic E-state index is -5.97. The molecule has 0 aromatic heterocycles. The Hall–Kier alpha value is 0.0400. The minimum Gasteiger partial charge on any atom is -0.357 e. The lowest BCUT2D eigenvalue weighted by molar-refractivity contribution is -0.386. The second kappa shape index (κ2) is 8.88. The first-order valence-electron chi connectivity index (χ1n) is 7.20. The first-order chi connectivity index (χ1) is 12.5. The van der Waals surface area contributed by atoms with Crippen molar-refractivity contribution in [2.45, 2.75) is 49.8 Å². The summed E-state index contributed by atoms with van der Waals surface area (Å²) in [5.74, 6) is 0. The van der Waals surface area contributed by atoms with Gasteiger partial charge in [-0.15, -0.1) is 0 Å². The van der Waals surface area contributed by atoms with Crippen molar-refractivity contribution in [2.24, 2.45) is 5.41 Å². The van der Waals surface area contributed by atoms with Crippen LogP contribution in [-0.2, 0) is 9.47 Å². The molecule has 176 valence electrons. The molecule has 0 atom stereocenters. The van der Waals surface area contributed by atoms with E-state index in [4.69, 9.17) is 0 Å². The fourth-order valence-electron chi connectivity index (χ4n) is 1.48. The van der Waals surface area contributed by atoms with Gasteiger partial charge in [-0.25, -0.2) is 0 Å². The van der Waals surface area contributed by atoms with Crippen LogP contribution in [0.15, 0.2) is 0 Å². The fourth-order valence-corrected chi connectivity index (χ4v) is 3.05. The summed E-state index contributed by atoms with van der Waals surface area (Å²) in [4.78, 5) is 0. The summed E-state index contributed by atoms with van der Waals surface area (Å²) in [6.07, 6.45) is -23.9. The summed E-state index contributed by atoms with van der Waals surface area (Å²) in [6.45, 7) is -3.77. The largest absolute Gasteiger partial charge is 0.426 e. The Labute approximate surface area is 173 Å².